The van der Waals surface area contributed by atoms with E-state index in [1.807, 2.05) is 24.4 Å². The van der Waals surface area contributed by atoms with Crippen LogP contribution >= 0.6 is 11.6 Å². The topological polar surface area (TPSA) is 67.7 Å². The molecular formula is C13H15ClN4. The Kier molecular flexibility index (Phi) is 3.39. The first-order valence-corrected chi connectivity index (χ1v) is 6.07. The number of hydrogen-bond donors (Lipinski definition) is 2. The zero-order valence-corrected chi connectivity index (χ0v) is 11.1. The molecule has 0 radical (unpaired) electrons. The third-order valence-corrected chi connectivity index (χ3v) is 3.02. The van der Waals surface area contributed by atoms with Crippen LogP contribution in [-0.4, -0.2) is 15.6 Å². The average molecular weight is 263 g/mol. The van der Waals surface area contributed by atoms with Crippen molar-refractivity contribution >= 4 is 17.4 Å². The van der Waals surface area contributed by atoms with Gasteiger partial charge in [-0.2, -0.15) is 5.10 Å². The van der Waals surface area contributed by atoms with Crippen molar-refractivity contribution in [3.63, 3.8) is 0 Å². The summed E-state index contributed by atoms with van der Waals surface area (Å²) in [7, 11) is 0. The summed E-state index contributed by atoms with van der Waals surface area (Å²) in [5.74, 6) is 0.295. The van der Waals surface area contributed by atoms with Crippen molar-refractivity contribution in [3.05, 3.63) is 46.7 Å². The normalized spacial score (nSPS) is 10.9. The number of nitrogens with one attached hydrogen (secondary N) is 1. The predicted molar refractivity (Wildman–Crippen MR) is 73.7 cm³/mol. The molecule has 0 saturated carbocycles. The summed E-state index contributed by atoms with van der Waals surface area (Å²) >= 11 is 6.08. The molecule has 3 N–H and O–H groups in total. The molecule has 0 unspecified atom stereocenters. The minimum Gasteiger partial charge on any atom is -0.384 e. The van der Waals surface area contributed by atoms with Gasteiger partial charge in [-0.25, -0.2) is 4.68 Å². The highest BCUT2D eigenvalue weighted by Gasteiger charge is 2.13. The summed E-state index contributed by atoms with van der Waals surface area (Å²) in [5.41, 5.74) is 7.80. The smallest absolute Gasteiger partial charge is 0.126 e. The Morgan fingerprint density at radius 2 is 2.11 bits per heavy atom. The number of benzene rings is 1. The van der Waals surface area contributed by atoms with Gasteiger partial charge in [0.1, 0.15) is 5.84 Å². The quantitative estimate of drug-likeness (QED) is 0.660. The minimum absolute atomic E-state index is 0.0582. The molecule has 0 aliphatic heterocycles. The van der Waals surface area contributed by atoms with E-state index in [1.165, 1.54) is 0 Å². The molecule has 0 amide bonds. The van der Waals surface area contributed by atoms with Crippen molar-refractivity contribution in [1.82, 2.24) is 9.78 Å². The van der Waals surface area contributed by atoms with E-state index in [4.69, 9.17) is 22.7 Å². The summed E-state index contributed by atoms with van der Waals surface area (Å²) in [6.07, 6.45) is 1.85. The van der Waals surface area contributed by atoms with Crippen LogP contribution in [0.4, 0.5) is 0 Å². The second-order valence-corrected chi connectivity index (χ2v) is 4.79. The molecule has 5 heteroatoms. The summed E-state index contributed by atoms with van der Waals surface area (Å²) in [6, 6.07) is 7.34. The number of rotatable bonds is 3. The number of nitrogen functional groups attached to an aromatic ring is 1. The van der Waals surface area contributed by atoms with Gasteiger partial charge >= 0.3 is 0 Å². The molecule has 0 aliphatic rings. The van der Waals surface area contributed by atoms with Gasteiger partial charge in [-0.1, -0.05) is 31.5 Å². The molecule has 4 nitrogen and oxygen atoms in total. The van der Waals surface area contributed by atoms with Crippen molar-refractivity contribution in [2.45, 2.75) is 19.8 Å². The van der Waals surface area contributed by atoms with E-state index in [9.17, 15) is 0 Å². The van der Waals surface area contributed by atoms with Gasteiger partial charge in [-0.3, -0.25) is 5.41 Å². The van der Waals surface area contributed by atoms with E-state index in [2.05, 4.69) is 18.9 Å². The summed E-state index contributed by atoms with van der Waals surface area (Å²) in [5, 5.41) is 12.5. The van der Waals surface area contributed by atoms with Crippen LogP contribution < -0.4 is 5.73 Å². The largest absolute Gasteiger partial charge is 0.384 e. The lowest BCUT2D eigenvalue weighted by atomic mass is 10.1. The monoisotopic (exact) mass is 262 g/mol. The van der Waals surface area contributed by atoms with Crippen molar-refractivity contribution in [1.29, 1.82) is 5.41 Å². The van der Waals surface area contributed by atoms with Gasteiger partial charge in [-0.05, 0) is 24.1 Å². The van der Waals surface area contributed by atoms with Crippen molar-refractivity contribution in [3.8, 4) is 5.69 Å². The van der Waals surface area contributed by atoms with E-state index >= 15 is 0 Å². The average Bonchev–Trinajstić information content (AvgIpc) is 2.77. The van der Waals surface area contributed by atoms with Gasteiger partial charge in [0.2, 0.25) is 0 Å². The molecule has 2 aromatic rings. The van der Waals surface area contributed by atoms with E-state index in [-0.39, 0.29) is 5.84 Å². The fourth-order valence-electron chi connectivity index (χ4n) is 1.75. The second-order valence-electron chi connectivity index (χ2n) is 4.39. The zero-order valence-electron chi connectivity index (χ0n) is 10.3. The third-order valence-electron chi connectivity index (χ3n) is 2.71. The molecule has 0 atom stereocenters. The minimum atomic E-state index is -0.0582. The van der Waals surface area contributed by atoms with Crippen LogP contribution in [-0.2, 0) is 0 Å². The second kappa shape index (κ2) is 4.82. The highest BCUT2D eigenvalue weighted by Crippen LogP contribution is 2.23. The highest BCUT2D eigenvalue weighted by molar-refractivity contribution is 6.34. The van der Waals surface area contributed by atoms with E-state index < -0.39 is 0 Å². The lowest BCUT2D eigenvalue weighted by molar-refractivity contribution is 0.768. The molecule has 0 aliphatic carbocycles. The third kappa shape index (κ3) is 2.24. The van der Waals surface area contributed by atoms with Crippen LogP contribution in [0.5, 0.6) is 0 Å². The van der Waals surface area contributed by atoms with E-state index in [1.54, 1.807) is 10.7 Å². The molecule has 1 aromatic heterocycles. The SMILES string of the molecule is CC(C)c1ccn(-c2cccc(Cl)c2C(=N)N)n1. The molecule has 1 heterocycles. The maximum atomic E-state index is 7.61. The van der Waals surface area contributed by atoms with Gasteiger partial charge in [0.15, 0.2) is 0 Å². The number of nitrogens with zero attached hydrogens (tertiary/aromatic N) is 2. The Morgan fingerprint density at radius 3 is 2.67 bits per heavy atom. The van der Waals surface area contributed by atoms with Crippen molar-refractivity contribution in [2.24, 2.45) is 5.73 Å². The maximum absolute atomic E-state index is 7.61. The number of nitrogens with two attached hydrogens (primary N) is 1. The number of hydrogen-bond acceptors (Lipinski definition) is 2. The molecule has 0 fully saturated rings. The van der Waals surface area contributed by atoms with Crippen LogP contribution in [0, 0.1) is 5.41 Å². The summed E-state index contributed by atoms with van der Waals surface area (Å²) < 4.78 is 1.71. The van der Waals surface area contributed by atoms with Crippen LogP contribution in [0.1, 0.15) is 31.0 Å². The first-order valence-electron chi connectivity index (χ1n) is 5.69. The first kappa shape index (κ1) is 12.6. The summed E-state index contributed by atoms with van der Waals surface area (Å²) in [6.45, 7) is 4.16. The molecule has 0 bridgehead atoms. The molecule has 1 aromatic carbocycles. The lowest BCUT2D eigenvalue weighted by Gasteiger charge is -2.10. The molecule has 0 spiro atoms. The predicted octanol–water partition coefficient (Wildman–Crippen LogP) is 2.93. The van der Waals surface area contributed by atoms with Crippen LogP contribution in [0.2, 0.25) is 5.02 Å². The zero-order chi connectivity index (χ0) is 13.3. The van der Waals surface area contributed by atoms with Crippen LogP contribution in [0.25, 0.3) is 5.69 Å². The Morgan fingerprint density at radius 1 is 1.39 bits per heavy atom. The first-order chi connectivity index (χ1) is 8.50. The fourth-order valence-corrected chi connectivity index (χ4v) is 2.02. The van der Waals surface area contributed by atoms with Gasteiger partial charge in [0.05, 0.1) is 22.0 Å². The lowest BCUT2D eigenvalue weighted by Crippen LogP contribution is -2.15. The fraction of sp³-hybridized carbons (Fsp3) is 0.231. The molecule has 18 heavy (non-hydrogen) atoms. The highest BCUT2D eigenvalue weighted by atomic mass is 35.5. The summed E-state index contributed by atoms with van der Waals surface area (Å²) in [4.78, 5) is 0. The molecule has 2 rings (SSSR count). The van der Waals surface area contributed by atoms with Crippen LogP contribution in [0.15, 0.2) is 30.5 Å². The van der Waals surface area contributed by atoms with Gasteiger partial charge < -0.3 is 5.73 Å². The maximum Gasteiger partial charge on any atom is 0.126 e. The van der Waals surface area contributed by atoms with Gasteiger partial charge in [0.25, 0.3) is 0 Å². The Labute approximate surface area is 111 Å². The number of halogens is 1. The number of amidine groups is 1. The van der Waals surface area contributed by atoms with Gasteiger partial charge in [-0.15, -0.1) is 0 Å². The number of aromatic nitrogens is 2. The molecule has 94 valence electrons. The standard InChI is InChI=1S/C13H15ClN4/c1-8(2)10-6-7-18(17-10)11-5-3-4-9(14)12(11)13(15)16/h3-8H,1-2H3,(H3,15,16). The van der Waals surface area contributed by atoms with Gasteiger partial charge in [0, 0.05) is 6.20 Å². The van der Waals surface area contributed by atoms with Crippen LogP contribution in [0.3, 0.4) is 0 Å². The molecule has 0 saturated heterocycles. The Bertz CT molecular complexity index is 586. The van der Waals surface area contributed by atoms with Crippen molar-refractivity contribution in [2.75, 3.05) is 0 Å². The Balaban J connectivity index is 2.56. The van der Waals surface area contributed by atoms with E-state index in [0.29, 0.717) is 16.5 Å². The molecular weight excluding hydrogens is 248 g/mol. The Hall–Kier alpha value is -1.81. The van der Waals surface area contributed by atoms with Crippen molar-refractivity contribution < 1.29 is 0 Å². The van der Waals surface area contributed by atoms with E-state index in [0.717, 1.165) is 11.4 Å².